The van der Waals surface area contributed by atoms with Crippen LogP contribution in [0.2, 0.25) is 0 Å². The Morgan fingerprint density at radius 1 is 0.529 bits per heavy atom. The smallest absolute Gasteiger partial charge is 0.303 e. The van der Waals surface area contributed by atoms with E-state index in [0.29, 0.717) is 18.5 Å². The number of carboxylic acids is 1. The van der Waals surface area contributed by atoms with Gasteiger partial charge in [-0.1, -0.05) is 143 Å². The van der Waals surface area contributed by atoms with E-state index < -0.39 is 5.97 Å². The van der Waals surface area contributed by atoms with Crippen molar-refractivity contribution in [3.05, 3.63) is 0 Å². The maximum Gasteiger partial charge on any atom is 0.303 e. The van der Waals surface area contributed by atoms with Gasteiger partial charge in [0, 0.05) is 18.5 Å². The van der Waals surface area contributed by atoms with Crippen molar-refractivity contribution in [1.82, 2.24) is 5.32 Å². The molecule has 2 unspecified atom stereocenters. The minimum atomic E-state index is -0.693. The highest BCUT2D eigenvalue weighted by Crippen LogP contribution is 2.13. The van der Waals surface area contributed by atoms with Crippen molar-refractivity contribution in [2.75, 3.05) is 0 Å². The zero-order chi connectivity index (χ0) is 25.7. The van der Waals surface area contributed by atoms with Gasteiger partial charge in [-0.3, -0.25) is 4.79 Å². The van der Waals surface area contributed by atoms with Crippen LogP contribution in [0, 0.1) is 0 Å². The van der Waals surface area contributed by atoms with Gasteiger partial charge in [0.15, 0.2) is 0 Å². The standard InChI is InChI=1S/C26H55N.C5H10O2/c1-5-7-9-11-13-15-17-19-21-23-25(3)27-26(4)24-22-20-18-16-14-12-10-8-6-2;1-2-3-4-5(6)7/h25-27H,5-24H2,1-4H3;2-4H2,1H3,(H,6,7). The van der Waals surface area contributed by atoms with E-state index in [0.717, 1.165) is 12.8 Å². The molecule has 0 saturated carbocycles. The number of unbranched alkanes of at least 4 members (excludes halogenated alkanes) is 17. The van der Waals surface area contributed by atoms with Crippen LogP contribution in [0.25, 0.3) is 0 Å². The van der Waals surface area contributed by atoms with E-state index in [1.807, 2.05) is 6.92 Å². The summed E-state index contributed by atoms with van der Waals surface area (Å²) >= 11 is 0. The van der Waals surface area contributed by atoms with Crippen LogP contribution in [0.15, 0.2) is 0 Å². The number of nitrogens with one attached hydrogen (secondary N) is 1. The van der Waals surface area contributed by atoms with Crippen LogP contribution in [0.1, 0.15) is 182 Å². The summed E-state index contributed by atoms with van der Waals surface area (Å²) in [6, 6.07) is 1.39. The van der Waals surface area contributed by atoms with Gasteiger partial charge in [-0.15, -0.1) is 0 Å². The van der Waals surface area contributed by atoms with E-state index in [4.69, 9.17) is 5.11 Å². The van der Waals surface area contributed by atoms with Gasteiger partial charge in [-0.2, -0.15) is 0 Å². The average Bonchev–Trinajstić information content (AvgIpc) is 2.81. The molecule has 2 N–H and O–H groups in total. The summed E-state index contributed by atoms with van der Waals surface area (Å²) in [4.78, 5) is 9.76. The number of hydrogen-bond donors (Lipinski definition) is 2. The molecule has 3 heteroatoms. The van der Waals surface area contributed by atoms with Gasteiger partial charge in [0.25, 0.3) is 0 Å². The molecule has 34 heavy (non-hydrogen) atoms. The molecule has 0 aliphatic carbocycles. The molecule has 0 bridgehead atoms. The zero-order valence-corrected chi connectivity index (χ0v) is 24.3. The Morgan fingerprint density at radius 2 is 0.824 bits per heavy atom. The Hall–Kier alpha value is -0.570. The first kappa shape index (κ1) is 35.6. The topological polar surface area (TPSA) is 49.3 Å². The van der Waals surface area contributed by atoms with Crippen molar-refractivity contribution in [2.24, 2.45) is 0 Å². The summed E-state index contributed by atoms with van der Waals surface area (Å²) in [6.45, 7) is 11.3. The Kier molecular flexibility index (Phi) is 31.9. The number of carboxylic acid groups (broad SMARTS) is 1. The maximum atomic E-state index is 9.76. The summed E-state index contributed by atoms with van der Waals surface area (Å²) in [5.74, 6) is -0.693. The highest BCUT2D eigenvalue weighted by atomic mass is 16.4. The molecule has 0 aliphatic rings. The minimum Gasteiger partial charge on any atom is -0.481 e. The normalized spacial score (nSPS) is 12.7. The Labute approximate surface area is 215 Å². The van der Waals surface area contributed by atoms with E-state index in [9.17, 15) is 4.79 Å². The van der Waals surface area contributed by atoms with Crippen molar-refractivity contribution in [3.8, 4) is 0 Å². The Bertz CT molecular complexity index is 360. The van der Waals surface area contributed by atoms with Crippen molar-refractivity contribution >= 4 is 5.97 Å². The lowest BCUT2D eigenvalue weighted by atomic mass is 10.0. The molecule has 0 aromatic rings. The molecular formula is C31H65NO2. The fourth-order valence-electron chi connectivity index (χ4n) is 4.50. The van der Waals surface area contributed by atoms with Crippen LogP contribution >= 0.6 is 0 Å². The molecule has 2 atom stereocenters. The number of rotatable bonds is 25. The van der Waals surface area contributed by atoms with Crippen molar-refractivity contribution < 1.29 is 9.90 Å². The third kappa shape index (κ3) is 33.6. The van der Waals surface area contributed by atoms with Crippen LogP contribution < -0.4 is 5.32 Å². The number of carbonyl (C=O) groups is 1. The van der Waals surface area contributed by atoms with Gasteiger partial charge in [-0.05, 0) is 33.1 Å². The van der Waals surface area contributed by atoms with E-state index in [1.165, 1.54) is 128 Å². The van der Waals surface area contributed by atoms with Gasteiger partial charge >= 0.3 is 5.97 Å². The Morgan fingerprint density at radius 3 is 1.09 bits per heavy atom. The second-order valence-corrected chi connectivity index (χ2v) is 10.7. The van der Waals surface area contributed by atoms with E-state index >= 15 is 0 Å². The lowest BCUT2D eigenvalue weighted by molar-refractivity contribution is -0.137. The summed E-state index contributed by atoms with van der Waals surface area (Å²) in [5, 5.41) is 11.9. The second-order valence-electron chi connectivity index (χ2n) is 10.7. The molecule has 0 amide bonds. The van der Waals surface area contributed by atoms with Crippen molar-refractivity contribution in [2.45, 2.75) is 194 Å². The average molecular weight is 484 g/mol. The van der Waals surface area contributed by atoms with Crippen LogP contribution in [-0.2, 0) is 4.79 Å². The van der Waals surface area contributed by atoms with Gasteiger partial charge in [0.2, 0.25) is 0 Å². The van der Waals surface area contributed by atoms with Crippen molar-refractivity contribution in [3.63, 3.8) is 0 Å². The monoisotopic (exact) mass is 484 g/mol. The summed E-state index contributed by atoms with van der Waals surface area (Å²) < 4.78 is 0. The van der Waals surface area contributed by atoms with Gasteiger partial charge in [0.1, 0.15) is 0 Å². The molecule has 0 radical (unpaired) electrons. The molecule has 0 rings (SSSR count). The van der Waals surface area contributed by atoms with Gasteiger partial charge in [-0.25, -0.2) is 0 Å². The van der Waals surface area contributed by atoms with Crippen LogP contribution in [0.4, 0.5) is 0 Å². The van der Waals surface area contributed by atoms with Crippen LogP contribution in [0.5, 0.6) is 0 Å². The Balaban J connectivity index is 0. The third-order valence-electron chi connectivity index (χ3n) is 6.79. The molecule has 0 spiro atoms. The predicted octanol–water partition coefficient (Wildman–Crippen LogP) is 10.5. The summed E-state index contributed by atoms with van der Waals surface area (Å²) in [5.41, 5.74) is 0. The molecule has 0 aliphatic heterocycles. The van der Waals surface area contributed by atoms with Gasteiger partial charge in [0.05, 0.1) is 0 Å². The fraction of sp³-hybridized carbons (Fsp3) is 0.968. The SMILES string of the molecule is CCCCC(=O)O.CCCCCCCCCCCC(C)NC(C)CCCCCCCCCCC. The molecule has 0 aromatic heterocycles. The van der Waals surface area contributed by atoms with E-state index in [2.05, 4.69) is 33.0 Å². The fourth-order valence-corrected chi connectivity index (χ4v) is 4.50. The largest absolute Gasteiger partial charge is 0.481 e. The predicted molar refractivity (Wildman–Crippen MR) is 153 cm³/mol. The highest BCUT2D eigenvalue weighted by molar-refractivity contribution is 5.66. The molecule has 206 valence electrons. The molecule has 0 fully saturated rings. The molecule has 0 saturated heterocycles. The van der Waals surface area contributed by atoms with Gasteiger partial charge < -0.3 is 10.4 Å². The molecule has 0 heterocycles. The van der Waals surface area contributed by atoms with E-state index in [1.54, 1.807) is 0 Å². The summed E-state index contributed by atoms with van der Waals surface area (Å²) in [6.07, 6.45) is 30.7. The first-order chi connectivity index (χ1) is 16.5. The zero-order valence-electron chi connectivity index (χ0n) is 24.3. The molecular weight excluding hydrogens is 418 g/mol. The lowest BCUT2D eigenvalue weighted by Gasteiger charge is -2.20. The lowest BCUT2D eigenvalue weighted by Crippen LogP contribution is -2.34. The second kappa shape index (κ2) is 30.5. The number of aliphatic carboxylic acids is 1. The first-order valence-corrected chi connectivity index (χ1v) is 15.5. The van der Waals surface area contributed by atoms with Crippen LogP contribution in [0.3, 0.4) is 0 Å². The minimum absolute atomic E-state index is 0.316. The van der Waals surface area contributed by atoms with Crippen LogP contribution in [-0.4, -0.2) is 23.2 Å². The highest BCUT2D eigenvalue weighted by Gasteiger charge is 2.07. The first-order valence-electron chi connectivity index (χ1n) is 15.5. The molecule has 3 nitrogen and oxygen atoms in total. The van der Waals surface area contributed by atoms with Crippen molar-refractivity contribution in [1.29, 1.82) is 0 Å². The maximum absolute atomic E-state index is 9.76. The quantitative estimate of drug-likeness (QED) is 0.127. The molecule has 0 aromatic carbocycles. The number of hydrogen-bond acceptors (Lipinski definition) is 2. The third-order valence-corrected chi connectivity index (χ3v) is 6.79. The summed E-state index contributed by atoms with van der Waals surface area (Å²) in [7, 11) is 0. The van der Waals surface area contributed by atoms with E-state index in [-0.39, 0.29) is 0 Å².